The van der Waals surface area contributed by atoms with Crippen molar-refractivity contribution in [3.63, 3.8) is 0 Å². The molecule has 0 saturated heterocycles. The van der Waals surface area contributed by atoms with Crippen LogP contribution in [-0.4, -0.2) is 68.1 Å². The molecule has 0 aliphatic heterocycles. The van der Waals surface area contributed by atoms with Crippen molar-refractivity contribution in [2.45, 2.75) is 12.8 Å². The molecule has 0 spiro atoms. The summed E-state index contributed by atoms with van der Waals surface area (Å²) in [4.78, 5) is 15.7. The van der Waals surface area contributed by atoms with Gasteiger partial charge in [-0.15, -0.1) is 0 Å². The van der Waals surface area contributed by atoms with Crippen LogP contribution < -0.4 is 5.73 Å². The zero-order valence-electron chi connectivity index (χ0n) is 10.9. The lowest BCUT2D eigenvalue weighted by molar-refractivity contribution is -0.129. The summed E-state index contributed by atoms with van der Waals surface area (Å²) in [6.45, 7) is 2.93. The second kappa shape index (κ2) is 9.32. The predicted octanol–water partition coefficient (Wildman–Crippen LogP) is 0.0893. The third-order valence-electron chi connectivity index (χ3n) is 2.43. The molecule has 6 heteroatoms. The highest BCUT2D eigenvalue weighted by Gasteiger charge is 2.09. The highest BCUT2D eigenvalue weighted by molar-refractivity contribution is 7.80. The molecule has 0 aromatic rings. The number of nitrogens with zero attached hydrogens (tertiary/aromatic N) is 2. The highest BCUT2D eigenvalue weighted by atomic mass is 32.1. The van der Waals surface area contributed by atoms with Crippen LogP contribution in [0.4, 0.5) is 0 Å². The lowest BCUT2D eigenvalue weighted by Crippen LogP contribution is -2.34. The fraction of sp³-hybridized carbons (Fsp3) is 0.818. The quantitative estimate of drug-likeness (QED) is 0.596. The van der Waals surface area contributed by atoms with E-state index in [2.05, 4.69) is 4.90 Å². The van der Waals surface area contributed by atoms with E-state index in [9.17, 15) is 4.79 Å². The second-order valence-corrected chi connectivity index (χ2v) is 4.61. The maximum Gasteiger partial charge on any atom is 0.223 e. The van der Waals surface area contributed by atoms with Gasteiger partial charge in [-0.2, -0.15) is 0 Å². The number of rotatable bonds is 9. The molecule has 17 heavy (non-hydrogen) atoms. The third kappa shape index (κ3) is 9.02. The molecule has 100 valence electrons. The van der Waals surface area contributed by atoms with Gasteiger partial charge in [0.1, 0.15) is 0 Å². The van der Waals surface area contributed by atoms with Gasteiger partial charge >= 0.3 is 0 Å². The van der Waals surface area contributed by atoms with E-state index in [4.69, 9.17) is 22.7 Å². The molecular formula is C11H23N3O2S. The standard InChI is InChI=1S/C11H23N3O2S/c1-13(2)11(15)5-7-14(8-9-16-3)6-4-10(12)17/h4-9H2,1-3H3,(H2,12,17). The van der Waals surface area contributed by atoms with Crippen molar-refractivity contribution in [2.75, 3.05) is 47.4 Å². The third-order valence-corrected chi connectivity index (χ3v) is 2.63. The summed E-state index contributed by atoms with van der Waals surface area (Å²) in [5.41, 5.74) is 5.47. The molecule has 0 rings (SSSR count). The topological polar surface area (TPSA) is 58.8 Å². The zero-order valence-corrected chi connectivity index (χ0v) is 11.8. The fourth-order valence-electron chi connectivity index (χ4n) is 1.30. The highest BCUT2D eigenvalue weighted by Crippen LogP contribution is 1.97. The van der Waals surface area contributed by atoms with Crippen LogP contribution in [0.25, 0.3) is 0 Å². The van der Waals surface area contributed by atoms with E-state index in [-0.39, 0.29) is 5.91 Å². The van der Waals surface area contributed by atoms with Gasteiger partial charge in [-0.05, 0) is 0 Å². The van der Waals surface area contributed by atoms with Gasteiger partial charge in [-0.1, -0.05) is 12.2 Å². The Morgan fingerprint density at radius 3 is 2.29 bits per heavy atom. The van der Waals surface area contributed by atoms with Crippen LogP contribution in [0.1, 0.15) is 12.8 Å². The summed E-state index contributed by atoms with van der Waals surface area (Å²) in [6.07, 6.45) is 1.18. The normalized spacial score (nSPS) is 10.6. The van der Waals surface area contributed by atoms with Gasteiger partial charge in [-0.3, -0.25) is 4.79 Å². The SMILES string of the molecule is COCCN(CCC(=O)N(C)C)CCC(N)=S. The van der Waals surface area contributed by atoms with Crippen LogP contribution in [0.5, 0.6) is 0 Å². The number of hydrogen-bond donors (Lipinski definition) is 1. The van der Waals surface area contributed by atoms with Crippen molar-refractivity contribution >= 4 is 23.1 Å². The van der Waals surface area contributed by atoms with E-state index in [0.717, 1.165) is 13.1 Å². The van der Waals surface area contributed by atoms with E-state index in [1.165, 1.54) is 0 Å². The smallest absolute Gasteiger partial charge is 0.223 e. The van der Waals surface area contributed by atoms with Gasteiger partial charge in [-0.25, -0.2) is 0 Å². The molecule has 0 unspecified atom stereocenters. The maximum absolute atomic E-state index is 11.5. The Morgan fingerprint density at radius 2 is 1.82 bits per heavy atom. The van der Waals surface area contributed by atoms with Gasteiger partial charge in [0.05, 0.1) is 11.6 Å². The Morgan fingerprint density at radius 1 is 1.24 bits per heavy atom. The van der Waals surface area contributed by atoms with E-state index in [1.54, 1.807) is 26.1 Å². The molecule has 0 saturated carbocycles. The first-order valence-corrected chi connectivity index (χ1v) is 6.08. The Hall–Kier alpha value is -0.720. The number of thiocarbonyl (C=S) groups is 1. The second-order valence-electron chi connectivity index (χ2n) is 4.09. The molecule has 0 heterocycles. The van der Waals surface area contributed by atoms with Crippen LogP contribution in [0.2, 0.25) is 0 Å². The number of ether oxygens (including phenoxy) is 1. The van der Waals surface area contributed by atoms with E-state index < -0.39 is 0 Å². The van der Waals surface area contributed by atoms with E-state index in [1.807, 2.05) is 0 Å². The number of carbonyl (C=O) groups is 1. The first kappa shape index (κ1) is 16.3. The molecule has 5 nitrogen and oxygen atoms in total. The van der Waals surface area contributed by atoms with Crippen LogP contribution in [0.15, 0.2) is 0 Å². The minimum atomic E-state index is 0.128. The first-order chi connectivity index (χ1) is 7.97. The minimum absolute atomic E-state index is 0.128. The number of methoxy groups -OCH3 is 1. The molecule has 0 bridgehead atoms. The molecule has 1 amide bonds. The van der Waals surface area contributed by atoms with Crippen molar-refractivity contribution < 1.29 is 9.53 Å². The Balaban J connectivity index is 3.99. The van der Waals surface area contributed by atoms with Crippen LogP contribution in [0, 0.1) is 0 Å². The van der Waals surface area contributed by atoms with Gasteiger partial charge in [0.25, 0.3) is 0 Å². The first-order valence-electron chi connectivity index (χ1n) is 5.67. The van der Waals surface area contributed by atoms with Crippen LogP contribution in [0.3, 0.4) is 0 Å². The minimum Gasteiger partial charge on any atom is -0.393 e. The average Bonchev–Trinajstić information content (AvgIpc) is 2.27. The fourth-order valence-corrected chi connectivity index (χ4v) is 1.39. The summed E-state index contributed by atoms with van der Waals surface area (Å²) >= 11 is 4.85. The van der Waals surface area contributed by atoms with Crippen molar-refractivity contribution in [1.29, 1.82) is 0 Å². The van der Waals surface area contributed by atoms with Gasteiger partial charge in [0, 0.05) is 53.7 Å². The average molecular weight is 261 g/mol. The summed E-state index contributed by atoms with van der Waals surface area (Å²) in [5.74, 6) is 0.128. The summed E-state index contributed by atoms with van der Waals surface area (Å²) in [7, 11) is 5.18. The summed E-state index contributed by atoms with van der Waals surface area (Å²) in [5, 5.41) is 0. The molecule has 0 atom stereocenters. The Labute approximate surface area is 109 Å². The molecule has 0 aromatic heterocycles. The molecule has 2 N–H and O–H groups in total. The van der Waals surface area contributed by atoms with E-state index in [0.29, 0.717) is 31.0 Å². The Bertz CT molecular complexity index is 247. The van der Waals surface area contributed by atoms with Gasteiger partial charge in [0.15, 0.2) is 0 Å². The monoisotopic (exact) mass is 261 g/mol. The molecule has 0 aromatic carbocycles. The zero-order chi connectivity index (χ0) is 13.3. The van der Waals surface area contributed by atoms with Crippen molar-refractivity contribution in [2.24, 2.45) is 5.73 Å². The number of nitrogens with two attached hydrogens (primary N) is 1. The Kier molecular flexibility index (Phi) is 8.93. The van der Waals surface area contributed by atoms with Crippen molar-refractivity contribution in [3.05, 3.63) is 0 Å². The van der Waals surface area contributed by atoms with Crippen molar-refractivity contribution in [1.82, 2.24) is 9.80 Å². The molecule has 0 aliphatic rings. The van der Waals surface area contributed by atoms with E-state index >= 15 is 0 Å². The van der Waals surface area contributed by atoms with Crippen LogP contribution >= 0.6 is 12.2 Å². The molecule has 0 aliphatic carbocycles. The maximum atomic E-state index is 11.5. The predicted molar refractivity (Wildman–Crippen MR) is 73.0 cm³/mol. The summed E-state index contributed by atoms with van der Waals surface area (Å²) < 4.78 is 5.03. The molecule has 0 fully saturated rings. The van der Waals surface area contributed by atoms with Gasteiger partial charge < -0.3 is 20.3 Å². The number of hydrogen-bond acceptors (Lipinski definition) is 4. The van der Waals surface area contributed by atoms with Gasteiger partial charge in [0.2, 0.25) is 5.91 Å². The number of amides is 1. The molecule has 0 radical (unpaired) electrons. The lowest BCUT2D eigenvalue weighted by atomic mass is 10.3. The molecular weight excluding hydrogens is 238 g/mol. The number of carbonyl (C=O) groups excluding carboxylic acids is 1. The largest absolute Gasteiger partial charge is 0.393 e. The van der Waals surface area contributed by atoms with Crippen molar-refractivity contribution in [3.8, 4) is 0 Å². The summed E-state index contributed by atoms with van der Waals surface area (Å²) in [6, 6.07) is 0. The van der Waals surface area contributed by atoms with Crippen LogP contribution in [-0.2, 0) is 9.53 Å². The lowest BCUT2D eigenvalue weighted by Gasteiger charge is -2.22.